The fraction of sp³-hybridized carbons (Fsp3) is 0.438. The largest absolute Gasteiger partial charge is 0.485 e. The fourth-order valence-corrected chi connectivity index (χ4v) is 3.03. The Morgan fingerprint density at radius 2 is 1.88 bits per heavy atom. The second-order valence-electron chi connectivity index (χ2n) is 6.03. The maximum Gasteiger partial charge on any atom is 0.417 e. The topological polar surface area (TPSA) is 85.4 Å². The molecule has 3 aliphatic rings. The van der Waals surface area contributed by atoms with Crippen LogP contribution in [0.5, 0.6) is 11.5 Å². The van der Waals surface area contributed by atoms with Crippen molar-refractivity contribution in [2.24, 2.45) is 5.92 Å². The van der Waals surface area contributed by atoms with E-state index in [0.29, 0.717) is 24.6 Å². The number of carbonyl (C=O) groups is 3. The van der Waals surface area contributed by atoms with E-state index < -0.39 is 12.2 Å². The minimum absolute atomic E-state index is 0.0698. The number of carbonyl (C=O) groups excluding carboxylic acids is 3. The third kappa shape index (κ3) is 2.53. The number of ether oxygens (including phenoxy) is 3. The number of hydrogen-bond donors (Lipinski definition) is 0. The molecule has 24 heavy (non-hydrogen) atoms. The molecule has 3 heterocycles. The predicted octanol–water partition coefficient (Wildman–Crippen LogP) is 0.264. The summed E-state index contributed by atoms with van der Waals surface area (Å²) in [5.74, 6) is 0.792. The summed E-state index contributed by atoms with van der Waals surface area (Å²) in [6.07, 6.45) is -1.27. The molecular formula is C16H16N2O6. The van der Waals surface area contributed by atoms with E-state index in [1.165, 1.54) is 0 Å². The summed E-state index contributed by atoms with van der Waals surface area (Å²) in [5, 5.41) is 0. The lowest BCUT2D eigenvalue weighted by Crippen LogP contribution is -2.58. The van der Waals surface area contributed by atoms with Crippen LogP contribution in [0.25, 0.3) is 0 Å². The van der Waals surface area contributed by atoms with Crippen molar-refractivity contribution in [3.05, 3.63) is 24.3 Å². The first-order valence-corrected chi connectivity index (χ1v) is 7.76. The van der Waals surface area contributed by atoms with Crippen molar-refractivity contribution >= 4 is 17.9 Å². The van der Waals surface area contributed by atoms with Crippen molar-refractivity contribution in [1.29, 1.82) is 0 Å². The van der Waals surface area contributed by atoms with E-state index in [4.69, 9.17) is 9.47 Å². The van der Waals surface area contributed by atoms with Crippen LogP contribution in [-0.4, -0.2) is 66.7 Å². The first-order valence-electron chi connectivity index (χ1n) is 7.76. The number of imide groups is 1. The molecule has 0 aromatic heterocycles. The van der Waals surface area contributed by atoms with Crippen LogP contribution in [0.1, 0.15) is 0 Å². The number of amides is 3. The molecule has 1 aromatic carbocycles. The van der Waals surface area contributed by atoms with Crippen LogP contribution in [0.2, 0.25) is 0 Å². The van der Waals surface area contributed by atoms with E-state index in [1.54, 1.807) is 17.0 Å². The van der Waals surface area contributed by atoms with E-state index in [9.17, 15) is 14.4 Å². The third-order valence-corrected chi connectivity index (χ3v) is 4.33. The Balaban J connectivity index is 1.30. The van der Waals surface area contributed by atoms with E-state index >= 15 is 0 Å². The summed E-state index contributed by atoms with van der Waals surface area (Å²) in [4.78, 5) is 38.1. The van der Waals surface area contributed by atoms with Gasteiger partial charge < -0.3 is 19.1 Å². The Kier molecular flexibility index (Phi) is 3.51. The molecule has 0 N–H and O–H groups in total. The van der Waals surface area contributed by atoms with Crippen LogP contribution in [0.15, 0.2) is 24.3 Å². The van der Waals surface area contributed by atoms with Gasteiger partial charge in [-0.25, -0.2) is 9.69 Å². The summed E-state index contributed by atoms with van der Waals surface area (Å²) < 4.78 is 15.9. The Hall–Kier alpha value is -2.77. The van der Waals surface area contributed by atoms with E-state index in [0.717, 1.165) is 4.90 Å². The first-order chi connectivity index (χ1) is 11.6. The molecule has 1 atom stereocenters. The molecule has 8 heteroatoms. The Labute approximate surface area is 137 Å². The average Bonchev–Trinajstić information content (AvgIpc) is 2.88. The van der Waals surface area contributed by atoms with Gasteiger partial charge in [0, 0.05) is 25.6 Å². The molecule has 8 nitrogen and oxygen atoms in total. The summed E-state index contributed by atoms with van der Waals surface area (Å²) in [5.41, 5.74) is 0. The van der Waals surface area contributed by atoms with E-state index in [1.807, 2.05) is 12.1 Å². The molecule has 2 fully saturated rings. The fourth-order valence-electron chi connectivity index (χ4n) is 3.03. The normalized spacial score (nSPS) is 23.1. The zero-order valence-corrected chi connectivity index (χ0v) is 12.8. The predicted molar refractivity (Wildman–Crippen MR) is 79.5 cm³/mol. The van der Waals surface area contributed by atoms with E-state index in [2.05, 4.69) is 4.74 Å². The van der Waals surface area contributed by atoms with Crippen molar-refractivity contribution in [3.63, 3.8) is 0 Å². The van der Waals surface area contributed by atoms with Crippen molar-refractivity contribution in [2.45, 2.75) is 6.10 Å². The monoisotopic (exact) mass is 332 g/mol. The number of benzene rings is 1. The quantitative estimate of drug-likeness (QED) is 0.789. The summed E-state index contributed by atoms with van der Waals surface area (Å²) in [7, 11) is 0. The number of fused-ring (bicyclic) bond motifs is 1. The van der Waals surface area contributed by atoms with Gasteiger partial charge >= 0.3 is 6.09 Å². The van der Waals surface area contributed by atoms with Crippen molar-refractivity contribution < 1.29 is 28.6 Å². The summed E-state index contributed by atoms with van der Waals surface area (Å²) in [6.45, 7) is 1.23. The molecular weight excluding hydrogens is 316 g/mol. The summed E-state index contributed by atoms with van der Waals surface area (Å²) >= 11 is 0. The molecule has 126 valence electrons. The Bertz CT molecular complexity index is 684. The van der Waals surface area contributed by atoms with Gasteiger partial charge in [0.25, 0.3) is 11.8 Å². The van der Waals surface area contributed by atoms with Gasteiger partial charge in [0.2, 0.25) is 6.10 Å². The SMILES string of the molecule is O=C(C1COc2ccccc2O1)N1CC(CN2C(=O)COC2=O)C1. The molecule has 0 radical (unpaired) electrons. The lowest BCUT2D eigenvalue weighted by molar-refractivity contribution is -0.148. The number of rotatable bonds is 3. The molecule has 1 aromatic rings. The molecule has 3 aliphatic heterocycles. The molecule has 4 rings (SSSR count). The lowest BCUT2D eigenvalue weighted by atomic mass is 9.98. The van der Waals surface area contributed by atoms with Crippen LogP contribution in [-0.2, 0) is 14.3 Å². The van der Waals surface area contributed by atoms with Crippen LogP contribution in [0.3, 0.4) is 0 Å². The molecule has 3 amide bonds. The van der Waals surface area contributed by atoms with Gasteiger partial charge in [-0.15, -0.1) is 0 Å². The van der Waals surface area contributed by atoms with Gasteiger partial charge in [-0.05, 0) is 12.1 Å². The first kappa shape index (κ1) is 14.8. The number of nitrogens with zero attached hydrogens (tertiary/aromatic N) is 2. The van der Waals surface area contributed by atoms with Crippen LogP contribution in [0.4, 0.5) is 4.79 Å². The highest BCUT2D eigenvalue weighted by atomic mass is 16.6. The van der Waals surface area contributed by atoms with Gasteiger partial charge in [0.05, 0.1) is 0 Å². The van der Waals surface area contributed by atoms with Gasteiger partial charge in [0.15, 0.2) is 18.1 Å². The third-order valence-electron chi connectivity index (χ3n) is 4.33. The number of cyclic esters (lactones) is 1. The maximum atomic E-state index is 12.5. The Morgan fingerprint density at radius 3 is 2.58 bits per heavy atom. The maximum absolute atomic E-state index is 12.5. The highest BCUT2D eigenvalue weighted by Gasteiger charge is 2.41. The van der Waals surface area contributed by atoms with Gasteiger partial charge in [-0.1, -0.05) is 12.1 Å². The number of hydrogen-bond acceptors (Lipinski definition) is 6. The average molecular weight is 332 g/mol. The zero-order valence-electron chi connectivity index (χ0n) is 12.8. The second kappa shape index (κ2) is 5.70. The molecule has 0 spiro atoms. The second-order valence-corrected chi connectivity index (χ2v) is 6.03. The van der Waals surface area contributed by atoms with Crippen molar-refractivity contribution in [3.8, 4) is 11.5 Å². The molecule has 1 unspecified atom stereocenters. The van der Waals surface area contributed by atoms with Gasteiger partial charge in [-0.2, -0.15) is 0 Å². The van der Waals surface area contributed by atoms with Crippen molar-refractivity contribution in [2.75, 3.05) is 32.8 Å². The highest BCUT2D eigenvalue weighted by molar-refractivity contribution is 5.97. The van der Waals surface area contributed by atoms with Crippen molar-refractivity contribution in [1.82, 2.24) is 9.80 Å². The van der Waals surface area contributed by atoms with E-state index in [-0.39, 0.29) is 37.5 Å². The van der Waals surface area contributed by atoms with Gasteiger partial charge in [-0.3, -0.25) is 9.59 Å². The Morgan fingerprint density at radius 1 is 1.12 bits per heavy atom. The number of likely N-dealkylation sites (tertiary alicyclic amines) is 1. The summed E-state index contributed by atoms with van der Waals surface area (Å²) in [6, 6.07) is 7.22. The minimum Gasteiger partial charge on any atom is -0.485 e. The van der Waals surface area contributed by atoms with Crippen LogP contribution < -0.4 is 9.47 Å². The lowest BCUT2D eigenvalue weighted by Gasteiger charge is -2.42. The molecule has 2 saturated heterocycles. The molecule has 0 saturated carbocycles. The highest BCUT2D eigenvalue weighted by Crippen LogP contribution is 2.32. The smallest absolute Gasteiger partial charge is 0.417 e. The molecule has 0 aliphatic carbocycles. The number of para-hydroxylation sites is 2. The standard InChI is InChI=1S/C16H16N2O6/c19-14-9-23-16(21)18(14)7-10-5-17(6-10)15(20)13-8-22-11-3-1-2-4-12(11)24-13/h1-4,10,13H,5-9H2. The van der Waals surface area contributed by atoms with Crippen LogP contribution >= 0.6 is 0 Å². The van der Waals surface area contributed by atoms with Crippen LogP contribution in [0, 0.1) is 5.92 Å². The zero-order chi connectivity index (χ0) is 16.7. The molecule has 0 bridgehead atoms. The minimum atomic E-state index is -0.667. The van der Waals surface area contributed by atoms with Gasteiger partial charge in [0.1, 0.15) is 6.61 Å².